The summed E-state index contributed by atoms with van der Waals surface area (Å²) in [5, 5.41) is 5.46. The van der Waals surface area contributed by atoms with E-state index in [4.69, 9.17) is 9.47 Å². The molecule has 2 aromatic carbocycles. The molecular formula is C22H23N3O5. The van der Waals surface area contributed by atoms with Gasteiger partial charge in [0.1, 0.15) is 5.75 Å². The van der Waals surface area contributed by atoms with Crippen LogP contribution in [0, 0.1) is 6.92 Å². The number of rotatable bonds is 5. The van der Waals surface area contributed by atoms with E-state index in [2.05, 4.69) is 5.10 Å². The third kappa shape index (κ3) is 4.65. The molecule has 1 atom stereocenters. The number of benzene rings is 2. The van der Waals surface area contributed by atoms with Crippen LogP contribution in [0.1, 0.15) is 31.9 Å². The molecular weight excluding hydrogens is 386 g/mol. The number of anilines is 1. The summed E-state index contributed by atoms with van der Waals surface area (Å²) in [4.78, 5) is 37.4. The molecule has 0 bridgehead atoms. The summed E-state index contributed by atoms with van der Waals surface area (Å²) in [7, 11) is 0. The SMILES string of the molecule is CC(=O)Oc1ccccc1C1=NN(C(C)=O)[C@H](CN(C(C)=O)c2ccc(C)cc2)O1. The van der Waals surface area contributed by atoms with E-state index < -0.39 is 12.2 Å². The number of para-hydroxylation sites is 1. The van der Waals surface area contributed by atoms with Crippen molar-refractivity contribution in [3.8, 4) is 5.75 Å². The highest BCUT2D eigenvalue weighted by Gasteiger charge is 2.35. The summed E-state index contributed by atoms with van der Waals surface area (Å²) in [6, 6.07) is 14.2. The first-order valence-corrected chi connectivity index (χ1v) is 9.44. The maximum absolute atomic E-state index is 12.3. The lowest BCUT2D eigenvalue weighted by Crippen LogP contribution is -2.44. The van der Waals surface area contributed by atoms with Gasteiger partial charge in [-0.3, -0.25) is 14.4 Å². The van der Waals surface area contributed by atoms with Crippen LogP contribution in [0.2, 0.25) is 0 Å². The molecule has 0 unspecified atom stereocenters. The van der Waals surface area contributed by atoms with Crippen molar-refractivity contribution >= 4 is 29.4 Å². The second-order valence-electron chi connectivity index (χ2n) is 6.90. The van der Waals surface area contributed by atoms with Crippen LogP contribution in [0.15, 0.2) is 53.6 Å². The van der Waals surface area contributed by atoms with Gasteiger partial charge in [0.05, 0.1) is 12.1 Å². The highest BCUT2D eigenvalue weighted by Crippen LogP contribution is 2.26. The smallest absolute Gasteiger partial charge is 0.308 e. The van der Waals surface area contributed by atoms with Crippen LogP contribution >= 0.6 is 0 Å². The van der Waals surface area contributed by atoms with Crippen molar-refractivity contribution in [3.05, 3.63) is 59.7 Å². The Bertz CT molecular complexity index is 1000. The van der Waals surface area contributed by atoms with Crippen LogP contribution in [0.4, 0.5) is 5.69 Å². The summed E-state index contributed by atoms with van der Waals surface area (Å²) in [6.45, 7) is 6.15. The van der Waals surface area contributed by atoms with E-state index in [1.807, 2.05) is 31.2 Å². The van der Waals surface area contributed by atoms with E-state index in [-0.39, 0.29) is 30.0 Å². The lowest BCUT2D eigenvalue weighted by atomic mass is 10.2. The minimum absolute atomic E-state index is 0.0840. The minimum atomic E-state index is -0.826. The molecule has 0 spiro atoms. The average Bonchev–Trinajstić information content (AvgIpc) is 3.11. The number of hydrogen-bond acceptors (Lipinski definition) is 6. The van der Waals surface area contributed by atoms with Gasteiger partial charge in [0.15, 0.2) is 0 Å². The molecule has 1 heterocycles. The molecule has 8 nitrogen and oxygen atoms in total. The number of ether oxygens (including phenoxy) is 2. The van der Waals surface area contributed by atoms with Crippen LogP contribution in [-0.4, -0.2) is 41.5 Å². The second kappa shape index (κ2) is 8.77. The lowest BCUT2D eigenvalue weighted by Gasteiger charge is -2.27. The predicted molar refractivity (Wildman–Crippen MR) is 111 cm³/mol. The summed E-state index contributed by atoms with van der Waals surface area (Å²) < 4.78 is 11.2. The zero-order valence-corrected chi connectivity index (χ0v) is 17.3. The Labute approximate surface area is 174 Å². The van der Waals surface area contributed by atoms with Gasteiger partial charge in [-0.2, -0.15) is 5.01 Å². The number of hydrogen-bond donors (Lipinski definition) is 0. The quantitative estimate of drug-likeness (QED) is 0.560. The van der Waals surface area contributed by atoms with Crippen molar-refractivity contribution in [2.24, 2.45) is 5.10 Å². The minimum Gasteiger partial charge on any atom is -0.448 e. The van der Waals surface area contributed by atoms with Crippen LogP contribution in [-0.2, 0) is 19.1 Å². The summed E-state index contributed by atoms with van der Waals surface area (Å²) in [5.41, 5.74) is 2.19. The second-order valence-corrected chi connectivity index (χ2v) is 6.90. The largest absolute Gasteiger partial charge is 0.448 e. The summed E-state index contributed by atoms with van der Waals surface area (Å²) in [5.74, 6) is -0.607. The third-order valence-electron chi connectivity index (χ3n) is 4.48. The number of carbonyl (C=O) groups excluding carboxylic acids is 3. The first kappa shape index (κ1) is 21.0. The predicted octanol–water partition coefficient (Wildman–Crippen LogP) is 2.84. The van der Waals surface area contributed by atoms with Gasteiger partial charge in [-0.15, -0.1) is 5.10 Å². The van der Waals surface area contributed by atoms with Crippen molar-refractivity contribution in [3.63, 3.8) is 0 Å². The van der Waals surface area contributed by atoms with Gasteiger partial charge in [0.2, 0.25) is 23.9 Å². The van der Waals surface area contributed by atoms with Gasteiger partial charge >= 0.3 is 5.97 Å². The Balaban J connectivity index is 1.89. The Kier molecular flexibility index (Phi) is 6.15. The Morgan fingerprint density at radius 2 is 1.73 bits per heavy atom. The molecule has 0 radical (unpaired) electrons. The molecule has 30 heavy (non-hydrogen) atoms. The maximum Gasteiger partial charge on any atom is 0.308 e. The number of hydrazone groups is 1. The molecule has 3 rings (SSSR count). The lowest BCUT2D eigenvalue weighted by molar-refractivity contribution is -0.135. The Morgan fingerprint density at radius 1 is 1.07 bits per heavy atom. The zero-order chi connectivity index (χ0) is 21.8. The van der Waals surface area contributed by atoms with Gasteiger partial charge in [-0.05, 0) is 31.2 Å². The fourth-order valence-electron chi connectivity index (χ4n) is 3.05. The van der Waals surface area contributed by atoms with E-state index in [0.29, 0.717) is 11.3 Å². The maximum atomic E-state index is 12.3. The van der Waals surface area contributed by atoms with E-state index in [0.717, 1.165) is 5.56 Å². The molecule has 1 aliphatic rings. The summed E-state index contributed by atoms with van der Waals surface area (Å²) in [6.07, 6.45) is -0.826. The van der Waals surface area contributed by atoms with Crippen LogP contribution in [0.3, 0.4) is 0 Å². The van der Waals surface area contributed by atoms with Crippen molar-refractivity contribution < 1.29 is 23.9 Å². The molecule has 156 valence electrons. The average molecular weight is 409 g/mol. The first-order valence-electron chi connectivity index (χ1n) is 9.44. The topological polar surface area (TPSA) is 88.5 Å². The van der Waals surface area contributed by atoms with Gasteiger partial charge < -0.3 is 14.4 Å². The molecule has 0 fully saturated rings. The number of nitrogens with zero attached hydrogens (tertiary/aromatic N) is 3. The molecule has 8 heteroatoms. The van der Waals surface area contributed by atoms with Crippen molar-refractivity contribution in [1.29, 1.82) is 0 Å². The highest BCUT2D eigenvalue weighted by molar-refractivity contribution is 5.99. The molecule has 2 aromatic rings. The number of carbonyl (C=O) groups is 3. The fourth-order valence-corrected chi connectivity index (χ4v) is 3.05. The fraction of sp³-hybridized carbons (Fsp3) is 0.273. The number of amides is 2. The van der Waals surface area contributed by atoms with Crippen molar-refractivity contribution in [1.82, 2.24) is 5.01 Å². The number of aryl methyl sites for hydroxylation is 1. The molecule has 0 saturated carbocycles. The third-order valence-corrected chi connectivity index (χ3v) is 4.48. The molecule has 1 aliphatic heterocycles. The standard InChI is InChI=1S/C22H23N3O5/c1-14-9-11-18(12-10-14)24(15(2)26)13-21-25(16(3)27)23-22(30-21)19-7-5-6-8-20(19)29-17(4)28/h5-12,21H,13H2,1-4H3/t21-/m0/s1. The Morgan fingerprint density at radius 3 is 2.33 bits per heavy atom. The summed E-state index contributed by atoms with van der Waals surface area (Å²) >= 11 is 0. The van der Waals surface area contributed by atoms with Gasteiger partial charge in [-0.1, -0.05) is 29.8 Å². The van der Waals surface area contributed by atoms with E-state index in [1.165, 1.54) is 30.7 Å². The highest BCUT2D eigenvalue weighted by atomic mass is 16.5. The van der Waals surface area contributed by atoms with Gasteiger partial charge in [0.25, 0.3) is 0 Å². The Hall–Kier alpha value is -3.68. The molecule has 0 aliphatic carbocycles. The van der Waals surface area contributed by atoms with Crippen LogP contribution in [0.5, 0.6) is 5.75 Å². The van der Waals surface area contributed by atoms with E-state index in [1.54, 1.807) is 24.3 Å². The zero-order valence-electron chi connectivity index (χ0n) is 17.3. The molecule has 0 saturated heterocycles. The van der Waals surface area contributed by atoms with Crippen LogP contribution in [0.25, 0.3) is 0 Å². The molecule has 2 amide bonds. The van der Waals surface area contributed by atoms with Crippen molar-refractivity contribution in [2.45, 2.75) is 33.9 Å². The number of esters is 1. The first-order chi connectivity index (χ1) is 14.3. The van der Waals surface area contributed by atoms with Gasteiger partial charge in [-0.25, -0.2) is 0 Å². The monoisotopic (exact) mass is 409 g/mol. The van der Waals surface area contributed by atoms with Crippen LogP contribution < -0.4 is 9.64 Å². The van der Waals surface area contributed by atoms with E-state index >= 15 is 0 Å². The molecule has 0 aromatic heterocycles. The van der Waals surface area contributed by atoms with Crippen molar-refractivity contribution in [2.75, 3.05) is 11.4 Å². The van der Waals surface area contributed by atoms with E-state index in [9.17, 15) is 14.4 Å². The normalized spacial score (nSPS) is 15.3. The molecule has 0 N–H and O–H groups in total. The van der Waals surface area contributed by atoms with Gasteiger partial charge in [0, 0.05) is 26.5 Å².